The van der Waals surface area contributed by atoms with Crippen LogP contribution in [0.3, 0.4) is 0 Å². The molecule has 0 saturated carbocycles. The van der Waals surface area contributed by atoms with Crippen molar-refractivity contribution in [1.29, 1.82) is 0 Å². The number of rotatable bonds is 1. The number of allylic oxidation sites excluding steroid dienone is 2. The van der Waals surface area contributed by atoms with Crippen LogP contribution in [0.2, 0.25) is 0 Å². The van der Waals surface area contributed by atoms with Gasteiger partial charge in [-0.2, -0.15) is 0 Å². The maximum atomic E-state index is 2.37. The summed E-state index contributed by atoms with van der Waals surface area (Å²) in [5.74, 6) is 0.309. The van der Waals surface area contributed by atoms with Crippen LogP contribution in [0.25, 0.3) is 33.7 Å². The van der Waals surface area contributed by atoms with Gasteiger partial charge in [0.2, 0.25) is 0 Å². The number of benzene rings is 4. The highest BCUT2D eigenvalue weighted by molar-refractivity contribution is 5.99. The maximum absolute atomic E-state index is 2.37. The quantitative estimate of drug-likeness (QED) is 0.363. The molecule has 0 amide bonds. The number of hydrogen-bond donors (Lipinski definition) is 0. The van der Waals surface area contributed by atoms with Crippen molar-refractivity contribution in [2.45, 2.75) is 12.3 Å². The summed E-state index contributed by atoms with van der Waals surface area (Å²) in [5.41, 5.74) is 7.02. The first-order valence-electron chi connectivity index (χ1n) is 9.31. The summed E-state index contributed by atoms with van der Waals surface area (Å²) >= 11 is 0. The van der Waals surface area contributed by atoms with Gasteiger partial charge in [0.05, 0.1) is 0 Å². The van der Waals surface area contributed by atoms with Gasteiger partial charge in [-0.05, 0) is 55.8 Å². The van der Waals surface area contributed by atoms with Gasteiger partial charge in [0.25, 0.3) is 0 Å². The SMILES string of the molecule is C1=Cc2c(C3C=Cc4cccc5cccc3c45)ccc3cccc(c23)C1. The van der Waals surface area contributed by atoms with E-state index >= 15 is 0 Å². The fraction of sp³-hybridized carbons (Fsp3) is 0.0769. The third-order valence-electron chi connectivity index (χ3n) is 5.94. The van der Waals surface area contributed by atoms with Gasteiger partial charge in [0.15, 0.2) is 0 Å². The van der Waals surface area contributed by atoms with Gasteiger partial charge < -0.3 is 0 Å². The molecule has 0 bridgehead atoms. The zero-order chi connectivity index (χ0) is 17.1. The highest BCUT2D eigenvalue weighted by atomic mass is 14.3. The molecule has 0 aliphatic heterocycles. The second-order valence-corrected chi connectivity index (χ2v) is 7.32. The van der Waals surface area contributed by atoms with Gasteiger partial charge in [-0.25, -0.2) is 0 Å². The van der Waals surface area contributed by atoms with E-state index in [1.165, 1.54) is 49.4 Å². The van der Waals surface area contributed by atoms with Gasteiger partial charge in [0, 0.05) is 5.92 Å². The van der Waals surface area contributed by atoms with Crippen LogP contribution in [0.1, 0.15) is 33.7 Å². The topological polar surface area (TPSA) is 0 Å². The monoisotopic (exact) mass is 330 g/mol. The highest BCUT2D eigenvalue weighted by Gasteiger charge is 2.23. The average molecular weight is 330 g/mol. The largest absolute Gasteiger partial charge is 0.0795 e. The molecule has 6 rings (SSSR count). The molecule has 0 fully saturated rings. The van der Waals surface area contributed by atoms with E-state index < -0.39 is 0 Å². The molecule has 1 unspecified atom stereocenters. The van der Waals surface area contributed by atoms with Crippen LogP contribution >= 0.6 is 0 Å². The molecule has 0 saturated heterocycles. The zero-order valence-electron chi connectivity index (χ0n) is 14.4. The third kappa shape index (κ3) is 1.84. The molecule has 2 aliphatic carbocycles. The van der Waals surface area contributed by atoms with Gasteiger partial charge in [-0.15, -0.1) is 0 Å². The van der Waals surface area contributed by atoms with E-state index in [9.17, 15) is 0 Å². The van der Waals surface area contributed by atoms with Crippen LogP contribution in [-0.2, 0) is 6.42 Å². The fourth-order valence-electron chi connectivity index (χ4n) is 4.80. The molecule has 1 atom stereocenters. The van der Waals surface area contributed by atoms with Crippen LogP contribution in [0, 0.1) is 0 Å². The normalized spacial score (nSPS) is 17.2. The van der Waals surface area contributed by atoms with Crippen LogP contribution in [-0.4, -0.2) is 0 Å². The Bertz CT molecular complexity index is 1250. The molecule has 0 aromatic heterocycles. The predicted octanol–water partition coefficient (Wildman–Crippen LogP) is 6.72. The van der Waals surface area contributed by atoms with Crippen molar-refractivity contribution in [3.8, 4) is 0 Å². The molecule has 2 aliphatic rings. The van der Waals surface area contributed by atoms with Crippen molar-refractivity contribution in [3.63, 3.8) is 0 Å². The van der Waals surface area contributed by atoms with Gasteiger partial charge in [0.1, 0.15) is 0 Å². The van der Waals surface area contributed by atoms with Gasteiger partial charge >= 0.3 is 0 Å². The summed E-state index contributed by atoms with van der Waals surface area (Å²) in [5, 5.41) is 5.53. The lowest BCUT2D eigenvalue weighted by atomic mass is 9.78. The molecular weight excluding hydrogens is 312 g/mol. The average Bonchev–Trinajstić information content (AvgIpc) is 2.70. The smallest absolute Gasteiger partial charge is 0.0285 e. The van der Waals surface area contributed by atoms with Crippen molar-refractivity contribution < 1.29 is 0 Å². The van der Waals surface area contributed by atoms with Crippen molar-refractivity contribution in [2.24, 2.45) is 0 Å². The molecule has 0 heterocycles. The van der Waals surface area contributed by atoms with Gasteiger partial charge in [-0.3, -0.25) is 0 Å². The van der Waals surface area contributed by atoms with Crippen molar-refractivity contribution >= 4 is 33.7 Å². The minimum absolute atomic E-state index is 0.309. The Kier molecular flexibility index (Phi) is 2.81. The van der Waals surface area contributed by atoms with Crippen molar-refractivity contribution in [1.82, 2.24) is 0 Å². The summed E-state index contributed by atoms with van der Waals surface area (Å²) < 4.78 is 0. The summed E-state index contributed by atoms with van der Waals surface area (Å²) in [6, 6.07) is 24.6. The van der Waals surface area contributed by atoms with E-state index in [1.807, 2.05) is 0 Å². The first-order valence-corrected chi connectivity index (χ1v) is 9.31. The van der Waals surface area contributed by atoms with E-state index in [0.29, 0.717) is 5.92 Å². The molecule has 0 N–H and O–H groups in total. The molecule has 0 nitrogen and oxygen atoms in total. The van der Waals surface area contributed by atoms with Crippen LogP contribution in [0.15, 0.2) is 78.9 Å². The lowest BCUT2D eigenvalue weighted by Crippen LogP contribution is -2.07. The van der Waals surface area contributed by atoms with E-state index in [-0.39, 0.29) is 0 Å². The zero-order valence-corrected chi connectivity index (χ0v) is 14.4. The second kappa shape index (κ2) is 5.19. The Labute approximate surface area is 153 Å². The minimum atomic E-state index is 0.309. The lowest BCUT2D eigenvalue weighted by Gasteiger charge is -2.25. The van der Waals surface area contributed by atoms with E-state index in [2.05, 4.69) is 91.0 Å². The Morgan fingerprint density at radius 1 is 0.654 bits per heavy atom. The highest BCUT2D eigenvalue weighted by Crippen LogP contribution is 2.42. The Hall–Kier alpha value is -3.12. The molecule has 26 heavy (non-hydrogen) atoms. The Balaban J connectivity index is 1.67. The molecule has 4 aromatic rings. The molecule has 122 valence electrons. The lowest BCUT2D eigenvalue weighted by molar-refractivity contribution is 1.03. The van der Waals surface area contributed by atoms with Crippen LogP contribution in [0.5, 0.6) is 0 Å². The number of hydrogen-bond acceptors (Lipinski definition) is 0. The van der Waals surface area contributed by atoms with E-state index in [4.69, 9.17) is 0 Å². The minimum Gasteiger partial charge on any atom is -0.0795 e. The first-order chi connectivity index (χ1) is 12.9. The standard InChI is InChI=1S/C26H18/c1-5-17-9-3-11-23-21(15-13-19(7-1)25(17)23)22-16-14-20-8-2-6-18-10-4-12-24(22)26(18)20/h1-9,11-16,21H,10H2. The summed E-state index contributed by atoms with van der Waals surface area (Å²) in [7, 11) is 0. The predicted molar refractivity (Wildman–Crippen MR) is 112 cm³/mol. The molecule has 0 heteroatoms. The van der Waals surface area contributed by atoms with Crippen LogP contribution in [0.4, 0.5) is 0 Å². The molecular formula is C26H18. The maximum Gasteiger partial charge on any atom is 0.0285 e. The fourth-order valence-corrected chi connectivity index (χ4v) is 4.80. The Morgan fingerprint density at radius 3 is 2.38 bits per heavy atom. The van der Waals surface area contributed by atoms with E-state index in [0.717, 1.165) is 6.42 Å². The summed E-state index contributed by atoms with van der Waals surface area (Å²) in [4.78, 5) is 0. The molecule has 0 radical (unpaired) electrons. The van der Waals surface area contributed by atoms with Crippen LogP contribution < -0.4 is 0 Å². The summed E-state index contributed by atoms with van der Waals surface area (Å²) in [6.45, 7) is 0. The summed E-state index contributed by atoms with van der Waals surface area (Å²) in [6.07, 6.45) is 10.3. The molecule has 4 aromatic carbocycles. The Morgan fingerprint density at radius 2 is 1.46 bits per heavy atom. The second-order valence-electron chi connectivity index (χ2n) is 7.32. The first kappa shape index (κ1) is 14.1. The van der Waals surface area contributed by atoms with Crippen molar-refractivity contribution in [3.05, 3.63) is 107 Å². The third-order valence-corrected chi connectivity index (χ3v) is 5.94. The van der Waals surface area contributed by atoms with E-state index in [1.54, 1.807) is 0 Å². The van der Waals surface area contributed by atoms with Crippen molar-refractivity contribution in [2.75, 3.05) is 0 Å². The molecule has 0 spiro atoms. The van der Waals surface area contributed by atoms with Gasteiger partial charge in [-0.1, -0.05) is 91.0 Å².